The minimum atomic E-state index is -0.00821. The lowest BCUT2D eigenvalue weighted by molar-refractivity contribution is 0.0796. The van der Waals surface area contributed by atoms with Gasteiger partial charge in [-0.15, -0.1) is 0 Å². The second kappa shape index (κ2) is 9.22. The number of nitrogens with zero attached hydrogens (tertiary/aromatic N) is 3. The minimum absolute atomic E-state index is 0.00821. The van der Waals surface area contributed by atoms with Crippen molar-refractivity contribution < 1.29 is 4.79 Å². The largest absolute Gasteiger partial charge is 0.370 e. The Hall–Kier alpha value is -3.67. The maximum atomic E-state index is 12.8. The van der Waals surface area contributed by atoms with Crippen molar-refractivity contribution in [1.29, 1.82) is 0 Å². The summed E-state index contributed by atoms with van der Waals surface area (Å²) in [5.41, 5.74) is 4.21. The van der Waals surface area contributed by atoms with Crippen molar-refractivity contribution in [2.75, 3.05) is 25.5 Å². The molecule has 6 nitrogen and oxygen atoms in total. The van der Waals surface area contributed by atoms with E-state index in [9.17, 15) is 4.79 Å². The van der Waals surface area contributed by atoms with Crippen LogP contribution in [0.4, 0.5) is 5.82 Å². The highest BCUT2D eigenvalue weighted by Gasteiger charge is 2.12. The molecule has 0 radical (unpaired) electrons. The lowest BCUT2D eigenvalue weighted by Gasteiger charge is -2.17. The molecule has 3 aromatic heterocycles. The molecule has 3 heterocycles. The van der Waals surface area contributed by atoms with Gasteiger partial charge in [0.25, 0.3) is 5.91 Å². The maximum absolute atomic E-state index is 12.8. The first kappa shape index (κ1) is 19.6. The second-order valence-electron chi connectivity index (χ2n) is 7.30. The van der Waals surface area contributed by atoms with Gasteiger partial charge in [-0.25, -0.2) is 4.98 Å². The van der Waals surface area contributed by atoms with Crippen LogP contribution in [0.3, 0.4) is 0 Å². The predicted octanol–water partition coefficient (Wildman–Crippen LogP) is 3.93. The summed E-state index contributed by atoms with van der Waals surface area (Å²) in [6.07, 6.45) is 8.94. The molecule has 0 aliphatic carbocycles. The van der Waals surface area contributed by atoms with Gasteiger partial charge < -0.3 is 15.2 Å². The minimum Gasteiger partial charge on any atom is -0.370 e. The first-order chi connectivity index (χ1) is 14.7. The van der Waals surface area contributed by atoms with Gasteiger partial charge in [-0.3, -0.25) is 9.78 Å². The molecule has 0 atom stereocenters. The van der Waals surface area contributed by atoms with Crippen LogP contribution in [-0.2, 0) is 12.8 Å². The van der Waals surface area contributed by atoms with Gasteiger partial charge in [-0.1, -0.05) is 18.2 Å². The molecular weight excluding hydrogens is 374 g/mol. The van der Waals surface area contributed by atoms with Crippen molar-refractivity contribution in [1.82, 2.24) is 19.9 Å². The van der Waals surface area contributed by atoms with Crippen LogP contribution < -0.4 is 5.32 Å². The molecule has 4 rings (SSSR count). The Morgan fingerprint density at radius 1 is 1.07 bits per heavy atom. The molecule has 0 saturated carbocycles. The van der Waals surface area contributed by atoms with Crippen LogP contribution in [0.1, 0.15) is 21.5 Å². The van der Waals surface area contributed by atoms with E-state index in [2.05, 4.69) is 44.7 Å². The third-order valence-electron chi connectivity index (χ3n) is 5.21. The van der Waals surface area contributed by atoms with Crippen molar-refractivity contribution in [2.24, 2.45) is 0 Å². The van der Waals surface area contributed by atoms with Gasteiger partial charge >= 0.3 is 0 Å². The van der Waals surface area contributed by atoms with Gasteiger partial charge in [0.15, 0.2) is 0 Å². The van der Waals surface area contributed by atoms with Crippen LogP contribution >= 0.6 is 0 Å². The topological polar surface area (TPSA) is 73.9 Å². The fraction of sp³-hybridized carbons (Fsp3) is 0.208. The number of aromatic nitrogens is 3. The van der Waals surface area contributed by atoms with Crippen molar-refractivity contribution in [3.63, 3.8) is 0 Å². The zero-order valence-corrected chi connectivity index (χ0v) is 17.0. The molecule has 0 bridgehead atoms. The Morgan fingerprint density at radius 2 is 1.90 bits per heavy atom. The number of nitrogens with one attached hydrogen (secondary N) is 2. The van der Waals surface area contributed by atoms with E-state index < -0.39 is 0 Å². The van der Waals surface area contributed by atoms with Crippen LogP contribution in [0.5, 0.6) is 0 Å². The molecule has 0 saturated heterocycles. The number of hydrogen-bond donors (Lipinski definition) is 2. The number of hydrogen-bond acceptors (Lipinski definition) is 4. The molecule has 0 spiro atoms. The highest BCUT2D eigenvalue weighted by atomic mass is 16.2. The first-order valence-electron chi connectivity index (χ1n) is 10.1. The number of likely N-dealkylation sites (N-methyl/N-ethyl adjacent to an activating group) is 1. The Morgan fingerprint density at radius 3 is 2.77 bits per heavy atom. The molecule has 4 aromatic rings. The van der Waals surface area contributed by atoms with Crippen LogP contribution in [0.25, 0.3) is 10.9 Å². The number of aromatic amines is 1. The zero-order chi connectivity index (χ0) is 20.8. The Bertz CT molecular complexity index is 1120. The molecule has 152 valence electrons. The fourth-order valence-corrected chi connectivity index (χ4v) is 3.49. The molecule has 0 aliphatic rings. The highest BCUT2D eigenvalue weighted by Crippen LogP contribution is 2.18. The molecule has 2 N–H and O–H groups in total. The Balaban J connectivity index is 1.33. The van der Waals surface area contributed by atoms with E-state index in [0.29, 0.717) is 17.9 Å². The van der Waals surface area contributed by atoms with Crippen molar-refractivity contribution in [3.05, 3.63) is 90.0 Å². The SMILES string of the molecule is CN(CCc1ccncc1)C(=O)c1ccnc(NCCc2c[nH]c3ccccc23)c1. The van der Waals surface area contributed by atoms with Gasteiger partial charge in [0.2, 0.25) is 0 Å². The third kappa shape index (κ3) is 4.66. The number of H-pyrrole nitrogens is 1. The number of rotatable bonds is 8. The quantitative estimate of drug-likeness (QED) is 0.471. The number of fused-ring (bicyclic) bond motifs is 1. The van der Waals surface area contributed by atoms with Crippen molar-refractivity contribution in [2.45, 2.75) is 12.8 Å². The van der Waals surface area contributed by atoms with Gasteiger partial charge in [-0.05, 0) is 54.3 Å². The van der Waals surface area contributed by atoms with E-state index >= 15 is 0 Å². The lowest BCUT2D eigenvalue weighted by Crippen LogP contribution is -2.29. The van der Waals surface area contributed by atoms with Gasteiger partial charge in [0.1, 0.15) is 5.82 Å². The van der Waals surface area contributed by atoms with E-state index in [1.807, 2.05) is 31.3 Å². The fourth-order valence-electron chi connectivity index (χ4n) is 3.49. The van der Waals surface area contributed by atoms with Gasteiger partial charge in [0, 0.05) is 61.4 Å². The van der Waals surface area contributed by atoms with Crippen molar-refractivity contribution in [3.8, 4) is 0 Å². The smallest absolute Gasteiger partial charge is 0.253 e. The summed E-state index contributed by atoms with van der Waals surface area (Å²) in [5, 5.41) is 4.58. The highest BCUT2D eigenvalue weighted by molar-refractivity contribution is 5.94. The van der Waals surface area contributed by atoms with Crippen molar-refractivity contribution >= 4 is 22.6 Å². The molecule has 1 amide bonds. The average Bonchev–Trinajstić information content (AvgIpc) is 3.21. The molecule has 1 aromatic carbocycles. The number of para-hydroxylation sites is 1. The van der Waals surface area contributed by atoms with Crippen LogP contribution in [0, 0.1) is 0 Å². The monoisotopic (exact) mass is 399 g/mol. The van der Waals surface area contributed by atoms with Crippen LogP contribution in [0.2, 0.25) is 0 Å². The molecule has 0 aliphatic heterocycles. The van der Waals surface area contributed by atoms with Gasteiger partial charge in [0.05, 0.1) is 0 Å². The zero-order valence-electron chi connectivity index (χ0n) is 17.0. The number of carbonyl (C=O) groups excluding carboxylic acids is 1. The molecule has 30 heavy (non-hydrogen) atoms. The third-order valence-corrected chi connectivity index (χ3v) is 5.21. The second-order valence-corrected chi connectivity index (χ2v) is 7.30. The Kier molecular flexibility index (Phi) is 6.03. The van der Waals surface area contributed by atoms with Crippen LogP contribution in [-0.4, -0.2) is 45.9 Å². The molecular formula is C24H25N5O. The summed E-state index contributed by atoms with van der Waals surface area (Å²) in [4.78, 5) is 26.2. The first-order valence-corrected chi connectivity index (χ1v) is 10.1. The standard InChI is InChI=1S/C24H25N5O/c1-29(15-10-18-6-11-25-12-7-18)24(30)19-8-13-26-23(16-19)27-14-9-20-17-28-22-5-3-2-4-21(20)22/h2-8,11-13,16-17,28H,9-10,14-15H2,1H3,(H,26,27). The summed E-state index contributed by atoms with van der Waals surface area (Å²) >= 11 is 0. The summed E-state index contributed by atoms with van der Waals surface area (Å²) < 4.78 is 0. The number of amides is 1. The predicted molar refractivity (Wildman–Crippen MR) is 120 cm³/mol. The summed E-state index contributed by atoms with van der Waals surface area (Å²) in [7, 11) is 1.83. The normalized spacial score (nSPS) is 10.8. The molecule has 0 fully saturated rings. The van der Waals surface area contributed by atoms with E-state index in [-0.39, 0.29) is 5.91 Å². The number of pyridine rings is 2. The number of anilines is 1. The summed E-state index contributed by atoms with van der Waals surface area (Å²) in [6.45, 7) is 1.39. The number of benzene rings is 1. The van der Waals surface area contributed by atoms with E-state index in [0.717, 1.165) is 24.9 Å². The Labute approximate surface area is 176 Å². The summed E-state index contributed by atoms with van der Waals surface area (Å²) in [5.74, 6) is 0.703. The maximum Gasteiger partial charge on any atom is 0.253 e. The average molecular weight is 399 g/mol. The van der Waals surface area contributed by atoms with E-state index in [4.69, 9.17) is 0 Å². The number of carbonyl (C=O) groups is 1. The lowest BCUT2D eigenvalue weighted by atomic mass is 10.1. The summed E-state index contributed by atoms with van der Waals surface area (Å²) in [6, 6.07) is 15.8. The van der Waals surface area contributed by atoms with Gasteiger partial charge in [-0.2, -0.15) is 0 Å². The molecule has 6 heteroatoms. The molecule has 0 unspecified atom stereocenters. The van der Waals surface area contributed by atoms with E-state index in [1.54, 1.807) is 29.6 Å². The van der Waals surface area contributed by atoms with Crippen LogP contribution in [0.15, 0.2) is 73.3 Å². The van der Waals surface area contributed by atoms with E-state index in [1.165, 1.54) is 16.5 Å².